The number of carboxylic acids is 1. The third-order valence-electron chi connectivity index (χ3n) is 3.61. The fourth-order valence-corrected chi connectivity index (χ4v) is 1.76. The molecule has 2 amide bonds. The summed E-state index contributed by atoms with van der Waals surface area (Å²) in [6.07, 6.45) is 1.48. The molecule has 0 spiro atoms. The van der Waals surface area contributed by atoms with E-state index in [1.54, 1.807) is 24.3 Å². The Kier molecular flexibility index (Phi) is 6.21. The first-order valence-electron chi connectivity index (χ1n) is 7.18. The Morgan fingerprint density at radius 3 is 2.48 bits per heavy atom. The minimum atomic E-state index is -0.945. The van der Waals surface area contributed by atoms with Gasteiger partial charge in [0, 0.05) is 13.1 Å². The van der Waals surface area contributed by atoms with E-state index in [2.05, 4.69) is 31.4 Å². The number of carbonyl (C=O) groups excluding carboxylic acids is 1. The van der Waals surface area contributed by atoms with Crippen LogP contribution < -0.4 is 10.6 Å². The van der Waals surface area contributed by atoms with Gasteiger partial charge in [-0.25, -0.2) is 9.59 Å². The zero-order chi connectivity index (χ0) is 15.9. The molecule has 5 heteroatoms. The van der Waals surface area contributed by atoms with Gasteiger partial charge in [-0.05, 0) is 29.9 Å². The van der Waals surface area contributed by atoms with Crippen molar-refractivity contribution in [3.8, 4) is 0 Å². The van der Waals surface area contributed by atoms with Crippen LogP contribution in [0.5, 0.6) is 0 Å². The zero-order valence-corrected chi connectivity index (χ0v) is 12.9. The second kappa shape index (κ2) is 7.67. The van der Waals surface area contributed by atoms with Gasteiger partial charge in [-0.2, -0.15) is 0 Å². The second-order valence-corrected chi connectivity index (χ2v) is 5.84. The third-order valence-corrected chi connectivity index (χ3v) is 3.61. The first-order valence-corrected chi connectivity index (χ1v) is 7.18. The summed E-state index contributed by atoms with van der Waals surface area (Å²) in [6, 6.07) is 6.61. The molecule has 0 heterocycles. The summed E-state index contributed by atoms with van der Waals surface area (Å²) in [4.78, 5) is 22.7. The standard InChI is InChI=1S/C16H24N2O3/c1-4-16(2,3)11-18-15(21)17-10-9-12-7-5-6-8-13(12)14(19)20/h5-8H,4,9-11H2,1-3H3,(H,19,20)(H2,17,18,21). The molecule has 0 unspecified atom stereocenters. The second-order valence-electron chi connectivity index (χ2n) is 5.84. The number of amides is 2. The van der Waals surface area contributed by atoms with E-state index >= 15 is 0 Å². The van der Waals surface area contributed by atoms with Gasteiger partial charge in [0.25, 0.3) is 0 Å². The Hall–Kier alpha value is -2.04. The van der Waals surface area contributed by atoms with E-state index in [4.69, 9.17) is 5.11 Å². The number of carbonyl (C=O) groups is 2. The molecule has 1 rings (SSSR count). The van der Waals surface area contributed by atoms with Crippen LogP contribution in [0, 0.1) is 5.41 Å². The fraction of sp³-hybridized carbons (Fsp3) is 0.500. The number of urea groups is 1. The summed E-state index contributed by atoms with van der Waals surface area (Å²) in [5, 5.41) is 14.7. The van der Waals surface area contributed by atoms with E-state index in [1.807, 2.05) is 0 Å². The summed E-state index contributed by atoms with van der Waals surface area (Å²) in [5.74, 6) is -0.945. The predicted molar refractivity (Wildman–Crippen MR) is 82.6 cm³/mol. The third kappa shape index (κ3) is 5.85. The molecule has 0 fully saturated rings. The van der Waals surface area contributed by atoms with Crippen molar-refractivity contribution < 1.29 is 14.7 Å². The normalized spacial score (nSPS) is 11.0. The molecule has 0 aliphatic rings. The van der Waals surface area contributed by atoms with Crippen LogP contribution in [0.1, 0.15) is 43.1 Å². The van der Waals surface area contributed by atoms with Gasteiger partial charge in [0.2, 0.25) is 0 Å². The lowest BCUT2D eigenvalue weighted by atomic mass is 9.90. The average molecular weight is 292 g/mol. The molecule has 0 radical (unpaired) electrons. The Balaban J connectivity index is 2.40. The van der Waals surface area contributed by atoms with Crippen LogP contribution in [0.15, 0.2) is 24.3 Å². The lowest BCUT2D eigenvalue weighted by Crippen LogP contribution is -2.41. The molecule has 21 heavy (non-hydrogen) atoms. The number of hydrogen-bond acceptors (Lipinski definition) is 2. The van der Waals surface area contributed by atoms with E-state index in [9.17, 15) is 9.59 Å². The summed E-state index contributed by atoms with van der Waals surface area (Å²) >= 11 is 0. The Morgan fingerprint density at radius 1 is 1.19 bits per heavy atom. The van der Waals surface area contributed by atoms with E-state index in [0.29, 0.717) is 19.5 Å². The minimum absolute atomic E-state index is 0.0766. The number of hydrogen-bond donors (Lipinski definition) is 3. The summed E-state index contributed by atoms with van der Waals surface area (Å²) < 4.78 is 0. The number of carboxylic acid groups (broad SMARTS) is 1. The quantitative estimate of drug-likeness (QED) is 0.723. The predicted octanol–water partition coefficient (Wildman–Crippen LogP) is 2.66. The molecular formula is C16H24N2O3. The molecule has 0 atom stereocenters. The maximum Gasteiger partial charge on any atom is 0.335 e. The van der Waals surface area contributed by atoms with E-state index in [0.717, 1.165) is 12.0 Å². The maximum atomic E-state index is 11.7. The summed E-state index contributed by atoms with van der Waals surface area (Å²) in [7, 11) is 0. The first kappa shape index (κ1) is 17.0. The lowest BCUT2D eigenvalue weighted by molar-refractivity contribution is 0.0695. The van der Waals surface area contributed by atoms with Crippen molar-refractivity contribution in [3.05, 3.63) is 35.4 Å². The van der Waals surface area contributed by atoms with Gasteiger partial charge in [-0.1, -0.05) is 39.0 Å². The Morgan fingerprint density at radius 2 is 1.86 bits per heavy atom. The number of aromatic carboxylic acids is 1. The van der Waals surface area contributed by atoms with Gasteiger partial charge < -0.3 is 15.7 Å². The first-order chi connectivity index (χ1) is 9.85. The molecule has 0 bridgehead atoms. The molecule has 0 aliphatic carbocycles. The van der Waals surface area contributed by atoms with Crippen LogP contribution in [-0.4, -0.2) is 30.2 Å². The van der Waals surface area contributed by atoms with Crippen molar-refractivity contribution in [2.45, 2.75) is 33.6 Å². The smallest absolute Gasteiger partial charge is 0.335 e. The van der Waals surface area contributed by atoms with E-state index in [1.165, 1.54) is 0 Å². The van der Waals surface area contributed by atoms with Crippen LogP contribution >= 0.6 is 0 Å². The molecular weight excluding hydrogens is 268 g/mol. The van der Waals surface area contributed by atoms with Gasteiger partial charge in [-0.15, -0.1) is 0 Å². The highest BCUT2D eigenvalue weighted by molar-refractivity contribution is 5.89. The SMILES string of the molecule is CCC(C)(C)CNC(=O)NCCc1ccccc1C(=O)O. The molecule has 0 saturated carbocycles. The highest BCUT2D eigenvalue weighted by atomic mass is 16.4. The Labute approximate surface area is 125 Å². The van der Waals surface area contributed by atoms with Gasteiger partial charge in [0.15, 0.2) is 0 Å². The average Bonchev–Trinajstić information content (AvgIpc) is 2.45. The van der Waals surface area contributed by atoms with Gasteiger partial charge >= 0.3 is 12.0 Å². The fourth-order valence-electron chi connectivity index (χ4n) is 1.76. The zero-order valence-electron chi connectivity index (χ0n) is 12.9. The highest BCUT2D eigenvalue weighted by Gasteiger charge is 2.16. The molecule has 1 aromatic carbocycles. The molecule has 0 aromatic heterocycles. The number of nitrogens with one attached hydrogen (secondary N) is 2. The van der Waals surface area contributed by atoms with Crippen LogP contribution in [-0.2, 0) is 6.42 Å². The number of rotatable bonds is 7. The van der Waals surface area contributed by atoms with Crippen molar-refractivity contribution >= 4 is 12.0 Å². The highest BCUT2D eigenvalue weighted by Crippen LogP contribution is 2.17. The van der Waals surface area contributed by atoms with Crippen LogP contribution in [0.4, 0.5) is 4.79 Å². The van der Waals surface area contributed by atoms with Crippen molar-refractivity contribution in [3.63, 3.8) is 0 Å². The van der Waals surface area contributed by atoms with Crippen LogP contribution in [0.25, 0.3) is 0 Å². The van der Waals surface area contributed by atoms with E-state index in [-0.39, 0.29) is 17.0 Å². The van der Waals surface area contributed by atoms with Crippen molar-refractivity contribution in [2.24, 2.45) is 5.41 Å². The molecule has 0 saturated heterocycles. The molecule has 1 aromatic rings. The topological polar surface area (TPSA) is 78.4 Å². The van der Waals surface area contributed by atoms with Crippen LogP contribution in [0.2, 0.25) is 0 Å². The van der Waals surface area contributed by atoms with Crippen molar-refractivity contribution in [1.29, 1.82) is 0 Å². The molecule has 0 aliphatic heterocycles. The van der Waals surface area contributed by atoms with Gasteiger partial charge in [0.1, 0.15) is 0 Å². The molecule has 116 valence electrons. The monoisotopic (exact) mass is 292 g/mol. The van der Waals surface area contributed by atoms with Gasteiger partial charge in [0.05, 0.1) is 5.56 Å². The summed E-state index contributed by atoms with van der Waals surface area (Å²) in [6.45, 7) is 7.29. The van der Waals surface area contributed by atoms with E-state index < -0.39 is 5.97 Å². The number of benzene rings is 1. The molecule has 3 N–H and O–H groups in total. The Bertz CT molecular complexity index is 498. The maximum absolute atomic E-state index is 11.7. The van der Waals surface area contributed by atoms with Crippen molar-refractivity contribution in [1.82, 2.24) is 10.6 Å². The summed E-state index contributed by atoms with van der Waals surface area (Å²) in [5.41, 5.74) is 1.08. The van der Waals surface area contributed by atoms with Crippen molar-refractivity contribution in [2.75, 3.05) is 13.1 Å². The van der Waals surface area contributed by atoms with Crippen LogP contribution in [0.3, 0.4) is 0 Å². The largest absolute Gasteiger partial charge is 0.478 e. The minimum Gasteiger partial charge on any atom is -0.478 e. The molecule has 5 nitrogen and oxygen atoms in total. The van der Waals surface area contributed by atoms with Gasteiger partial charge in [-0.3, -0.25) is 0 Å². The lowest BCUT2D eigenvalue weighted by Gasteiger charge is -2.22.